The van der Waals surface area contributed by atoms with Crippen LogP contribution in [-0.4, -0.2) is 16.9 Å². The third kappa shape index (κ3) is 3.57. The number of benzene rings is 1. The van der Waals surface area contributed by atoms with Gasteiger partial charge in [0.25, 0.3) is 0 Å². The molecule has 4 nitrogen and oxygen atoms in total. The van der Waals surface area contributed by atoms with Crippen LogP contribution >= 0.6 is 11.3 Å². The van der Waals surface area contributed by atoms with E-state index in [4.69, 9.17) is 0 Å². The summed E-state index contributed by atoms with van der Waals surface area (Å²) in [6.45, 7) is 7.87. The van der Waals surface area contributed by atoms with E-state index < -0.39 is 0 Å². The molecule has 0 radical (unpaired) electrons. The van der Waals surface area contributed by atoms with E-state index in [2.05, 4.69) is 29.5 Å². The summed E-state index contributed by atoms with van der Waals surface area (Å²) < 4.78 is 0. The fraction of sp³-hybridized carbons (Fsp3) is 0.333. The van der Waals surface area contributed by atoms with Gasteiger partial charge in [-0.3, -0.25) is 4.79 Å². The van der Waals surface area contributed by atoms with E-state index in [1.54, 1.807) is 0 Å². The average Bonchev–Trinajstić information content (AvgIpc) is 2.79. The van der Waals surface area contributed by atoms with Crippen molar-refractivity contribution < 1.29 is 4.79 Å². The lowest BCUT2D eigenvalue weighted by molar-refractivity contribution is -0.116. The third-order valence-corrected chi connectivity index (χ3v) is 4.01. The molecule has 2 rings (SSSR count). The zero-order valence-corrected chi connectivity index (χ0v) is 13.0. The van der Waals surface area contributed by atoms with Crippen molar-refractivity contribution in [2.75, 3.05) is 10.6 Å². The molecule has 1 amide bonds. The maximum Gasteiger partial charge on any atom is 0.248 e. The summed E-state index contributed by atoms with van der Waals surface area (Å²) >= 11 is 1.44. The van der Waals surface area contributed by atoms with Crippen molar-refractivity contribution in [2.24, 2.45) is 0 Å². The molecule has 0 saturated carbocycles. The van der Waals surface area contributed by atoms with Crippen molar-refractivity contribution in [2.45, 2.75) is 33.7 Å². The predicted octanol–water partition coefficient (Wildman–Crippen LogP) is 3.51. The van der Waals surface area contributed by atoms with E-state index in [0.717, 1.165) is 11.4 Å². The van der Waals surface area contributed by atoms with Gasteiger partial charge in [-0.05, 0) is 51.0 Å². The molecule has 0 bridgehead atoms. The second kappa shape index (κ2) is 6.05. The summed E-state index contributed by atoms with van der Waals surface area (Å²) in [4.78, 5) is 16.3. The smallest absolute Gasteiger partial charge is 0.248 e. The molecule has 5 heteroatoms. The Morgan fingerprint density at radius 1 is 1.25 bits per heavy atom. The minimum atomic E-state index is -0.318. The van der Waals surface area contributed by atoms with E-state index in [-0.39, 0.29) is 11.9 Å². The summed E-state index contributed by atoms with van der Waals surface area (Å²) in [5, 5.41) is 8.57. The van der Waals surface area contributed by atoms with Crippen LogP contribution in [0.2, 0.25) is 0 Å². The minimum Gasteiger partial charge on any atom is -0.374 e. The molecule has 0 spiro atoms. The molecule has 1 atom stereocenters. The Morgan fingerprint density at radius 3 is 2.60 bits per heavy atom. The first kappa shape index (κ1) is 14.5. The van der Waals surface area contributed by atoms with E-state index in [1.165, 1.54) is 22.5 Å². The lowest BCUT2D eigenvalue weighted by Crippen LogP contribution is -2.31. The van der Waals surface area contributed by atoms with E-state index >= 15 is 0 Å². The predicted molar refractivity (Wildman–Crippen MR) is 84.5 cm³/mol. The summed E-state index contributed by atoms with van der Waals surface area (Å²) in [6, 6.07) is 5.76. The number of thiazole rings is 1. The van der Waals surface area contributed by atoms with Gasteiger partial charge in [-0.1, -0.05) is 6.07 Å². The number of hydrogen-bond donors (Lipinski definition) is 2. The summed E-state index contributed by atoms with van der Waals surface area (Å²) in [6.07, 6.45) is 0. The molecule has 0 fully saturated rings. The second-order valence-electron chi connectivity index (χ2n) is 4.95. The fourth-order valence-electron chi connectivity index (χ4n) is 1.77. The highest BCUT2D eigenvalue weighted by molar-refractivity contribution is 7.13. The highest BCUT2D eigenvalue weighted by Crippen LogP contribution is 2.17. The highest BCUT2D eigenvalue weighted by atomic mass is 32.1. The molecule has 0 saturated heterocycles. The summed E-state index contributed by atoms with van der Waals surface area (Å²) in [7, 11) is 0. The molecule has 20 heavy (non-hydrogen) atoms. The lowest BCUT2D eigenvalue weighted by atomic mass is 10.1. The molecule has 0 unspecified atom stereocenters. The SMILES string of the molecule is Cc1csc(NC(=O)[C@@H](C)Nc2ccc(C)c(C)c2)n1. The highest BCUT2D eigenvalue weighted by Gasteiger charge is 2.14. The van der Waals surface area contributed by atoms with Crippen LogP contribution in [0, 0.1) is 20.8 Å². The van der Waals surface area contributed by atoms with Crippen LogP contribution in [0.3, 0.4) is 0 Å². The van der Waals surface area contributed by atoms with Crippen LogP contribution in [0.25, 0.3) is 0 Å². The van der Waals surface area contributed by atoms with Crippen LogP contribution in [0.15, 0.2) is 23.6 Å². The first-order valence-corrected chi connectivity index (χ1v) is 7.40. The van der Waals surface area contributed by atoms with Gasteiger partial charge in [0.15, 0.2) is 5.13 Å². The van der Waals surface area contributed by atoms with Crippen molar-refractivity contribution in [3.05, 3.63) is 40.4 Å². The summed E-state index contributed by atoms with van der Waals surface area (Å²) in [5.41, 5.74) is 4.32. The van der Waals surface area contributed by atoms with Crippen molar-refractivity contribution in [3.8, 4) is 0 Å². The number of carbonyl (C=O) groups is 1. The molecule has 2 aromatic rings. The van der Waals surface area contributed by atoms with Crippen molar-refractivity contribution in [3.63, 3.8) is 0 Å². The number of anilines is 2. The van der Waals surface area contributed by atoms with E-state index in [9.17, 15) is 4.79 Å². The number of aromatic nitrogens is 1. The van der Waals surface area contributed by atoms with E-state index in [1.807, 2.05) is 37.4 Å². The van der Waals surface area contributed by atoms with Gasteiger partial charge in [-0.2, -0.15) is 0 Å². The van der Waals surface area contributed by atoms with Crippen LogP contribution in [0.1, 0.15) is 23.7 Å². The summed E-state index contributed by atoms with van der Waals surface area (Å²) in [5.74, 6) is -0.0856. The van der Waals surface area contributed by atoms with Crippen molar-refractivity contribution in [1.29, 1.82) is 0 Å². The van der Waals surface area contributed by atoms with Gasteiger partial charge >= 0.3 is 0 Å². The number of carbonyl (C=O) groups excluding carboxylic acids is 1. The quantitative estimate of drug-likeness (QED) is 0.905. The van der Waals surface area contributed by atoms with Gasteiger partial charge in [0.2, 0.25) is 5.91 Å². The van der Waals surface area contributed by atoms with Gasteiger partial charge in [0.1, 0.15) is 6.04 Å². The Morgan fingerprint density at radius 2 is 2.00 bits per heavy atom. The van der Waals surface area contributed by atoms with Crippen molar-refractivity contribution in [1.82, 2.24) is 4.98 Å². The van der Waals surface area contributed by atoms with Crippen LogP contribution in [0.5, 0.6) is 0 Å². The zero-order valence-electron chi connectivity index (χ0n) is 12.2. The Labute approximate surface area is 123 Å². The monoisotopic (exact) mass is 289 g/mol. The third-order valence-electron chi connectivity index (χ3n) is 3.13. The number of rotatable bonds is 4. The number of amides is 1. The lowest BCUT2D eigenvalue weighted by Gasteiger charge is -2.15. The van der Waals surface area contributed by atoms with Gasteiger partial charge < -0.3 is 10.6 Å². The molecule has 1 aromatic carbocycles. The molecule has 0 aliphatic carbocycles. The first-order chi connectivity index (χ1) is 9.45. The molecule has 1 heterocycles. The Bertz CT molecular complexity index is 621. The molecular weight excluding hydrogens is 270 g/mol. The second-order valence-corrected chi connectivity index (χ2v) is 5.81. The Hall–Kier alpha value is -1.88. The molecular formula is C15H19N3OS. The van der Waals surface area contributed by atoms with Gasteiger partial charge in [-0.15, -0.1) is 11.3 Å². The number of nitrogens with zero attached hydrogens (tertiary/aromatic N) is 1. The fourth-order valence-corrected chi connectivity index (χ4v) is 2.46. The average molecular weight is 289 g/mol. The van der Waals surface area contributed by atoms with Crippen molar-refractivity contribution >= 4 is 28.1 Å². The minimum absolute atomic E-state index is 0.0856. The number of aryl methyl sites for hydroxylation is 3. The van der Waals surface area contributed by atoms with E-state index in [0.29, 0.717) is 5.13 Å². The Balaban J connectivity index is 1.98. The Kier molecular flexibility index (Phi) is 4.39. The molecule has 0 aliphatic heterocycles. The number of nitrogens with one attached hydrogen (secondary N) is 2. The van der Waals surface area contributed by atoms with Crippen LogP contribution in [0.4, 0.5) is 10.8 Å². The van der Waals surface area contributed by atoms with Gasteiger partial charge in [-0.25, -0.2) is 4.98 Å². The molecule has 0 aliphatic rings. The maximum atomic E-state index is 12.1. The van der Waals surface area contributed by atoms with Gasteiger partial charge in [0.05, 0.1) is 5.69 Å². The van der Waals surface area contributed by atoms with Crippen LogP contribution < -0.4 is 10.6 Å². The standard InChI is InChI=1S/C15H19N3OS/c1-9-5-6-13(7-10(9)2)17-12(4)14(19)18-15-16-11(3)8-20-15/h5-8,12,17H,1-4H3,(H,16,18,19)/t12-/m1/s1. The first-order valence-electron chi connectivity index (χ1n) is 6.52. The maximum absolute atomic E-state index is 12.1. The zero-order chi connectivity index (χ0) is 14.7. The number of hydrogen-bond acceptors (Lipinski definition) is 4. The normalized spacial score (nSPS) is 12.0. The topological polar surface area (TPSA) is 54.0 Å². The van der Waals surface area contributed by atoms with Crippen LogP contribution in [-0.2, 0) is 4.79 Å². The molecule has 106 valence electrons. The molecule has 2 N–H and O–H groups in total. The molecule has 1 aromatic heterocycles. The largest absolute Gasteiger partial charge is 0.374 e. The van der Waals surface area contributed by atoms with Gasteiger partial charge in [0, 0.05) is 11.1 Å².